The highest BCUT2D eigenvalue weighted by Crippen LogP contribution is 2.30. The zero-order valence-corrected chi connectivity index (χ0v) is 13.0. The summed E-state index contributed by atoms with van der Waals surface area (Å²) in [5, 5.41) is 3.97. The van der Waals surface area contributed by atoms with Crippen molar-refractivity contribution >= 4 is 23.3 Å². The maximum atomic E-state index is 11.9. The van der Waals surface area contributed by atoms with Crippen molar-refractivity contribution in [3.8, 4) is 0 Å². The number of aromatic amines is 1. The lowest BCUT2D eigenvalue weighted by Crippen LogP contribution is -2.39. The van der Waals surface area contributed by atoms with Crippen molar-refractivity contribution in [3.63, 3.8) is 0 Å². The van der Waals surface area contributed by atoms with Crippen LogP contribution in [0.2, 0.25) is 0 Å². The molecule has 0 radical (unpaired) electrons. The fourth-order valence-corrected chi connectivity index (χ4v) is 2.94. The molecule has 0 aliphatic heterocycles. The van der Waals surface area contributed by atoms with E-state index in [2.05, 4.69) is 10.3 Å². The van der Waals surface area contributed by atoms with Gasteiger partial charge in [0.1, 0.15) is 11.9 Å². The van der Waals surface area contributed by atoms with Crippen LogP contribution in [0.5, 0.6) is 0 Å². The van der Waals surface area contributed by atoms with Gasteiger partial charge in [0, 0.05) is 34.6 Å². The quantitative estimate of drug-likeness (QED) is 0.838. The molecule has 0 spiro atoms. The van der Waals surface area contributed by atoms with Gasteiger partial charge >= 0.3 is 6.09 Å². The van der Waals surface area contributed by atoms with E-state index in [4.69, 9.17) is 4.74 Å². The summed E-state index contributed by atoms with van der Waals surface area (Å²) in [6.07, 6.45) is 1.96. The standard InChI is InChI=1S/C17H20N2O3/c1-17(2,3)22-16(21)18-11-7-13-12-6-10(9-20)4-5-14(12)19-15(13)8-11/h4-6,9,11,19H,7-8H2,1-3H3,(H,18,21). The van der Waals surface area contributed by atoms with Gasteiger partial charge in [0.25, 0.3) is 0 Å². The molecule has 1 atom stereocenters. The van der Waals surface area contributed by atoms with Crippen LogP contribution in [-0.2, 0) is 17.6 Å². The number of benzene rings is 1. The molecule has 2 N–H and O–H groups in total. The lowest BCUT2D eigenvalue weighted by molar-refractivity contribution is 0.0506. The molecule has 3 rings (SSSR count). The van der Waals surface area contributed by atoms with E-state index in [-0.39, 0.29) is 12.1 Å². The fraction of sp³-hybridized carbons (Fsp3) is 0.412. The van der Waals surface area contributed by atoms with Crippen LogP contribution in [0.25, 0.3) is 10.9 Å². The number of fused-ring (bicyclic) bond motifs is 3. The predicted octanol–water partition coefficient (Wildman–Crippen LogP) is 2.97. The molecule has 1 amide bonds. The largest absolute Gasteiger partial charge is 0.444 e. The zero-order chi connectivity index (χ0) is 15.9. The van der Waals surface area contributed by atoms with Crippen molar-refractivity contribution in [2.24, 2.45) is 0 Å². The van der Waals surface area contributed by atoms with Crippen molar-refractivity contribution in [2.75, 3.05) is 0 Å². The highest BCUT2D eigenvalue weighted by Gasteiger charge is 2.28. The van der Waals surface area contributed by atoms with Crippen LogP contribution in [0.15, 0.2) is 18.2 Å². The number of carbonyl (C=O) groups is 2. The maximum Gasteiger partial charge on any atom is 0.407 e. The molecule has 1 aliphatic rings. The van der Waals surface area contributed by atoms with Crippen molar-refractivity contribution < 1.29 is 14.3 Å². The predicted molar refractivity (Wildman–Crippen MR) is 84.3 cm³/mol. The zero-order valence-electron chi connectivity index (χ0n) is 13.0. The fourth-order valence-electron chi connectivity index (χ4n) is 2.94. The SMILES string of the molecule is CC(C)(C)OC(=O)NC1Cc2[nH]c3ccc(C=O)cc3c2C1. The molecule has 116 valence electrons. The number of amides is 1. The number of carbonyl (C=O) groups excluding carboxylic acids is 2. The van der Waals surface area contributed by atoms with Gasteiger partial charge in [-0.1, -0.05) is 0 Å². The second-order valence-electron chi connectivity index (χ2n) is 6.76. The second kappa shape index (κ2) is 5.16. The van der Waals surface area contributed by atoms with Crippen molar-refractivity contribution in [3.05, 3.63) is 35.0 Å². The molecule has 1 heterocycles. The van der Waals surface area contributed by atoms with Crippen LogP contribution in [0.3, 0.4) is 0 Å². The monoisotopic (exact) mass is 300 g/mol. The van der Waals surface area contributed by atoms with Crippen LogP contribution in [-0.4, -0.2) is 29.0 Å². The van der Waals surface area contributed by atoms with Crippen molar-refractivity contribution in [1.29, 1.82) is 0 Å². The molecule has 0 fully saturated rings. The molecule has 0 saturated heterocycles. The van der Waals surface area contributed by atoms with E-state index in [0.717, 1.165) is 35.7 Å². The van der Waals surface area contributed by atoms with Crippen LogP contribution in [0.4, 0.5) is 4.79 Å². The summed E-state index contributed by atoms with van der Waals surface area (Å²) in [5.74, 6) is 0. The Morgan fingerprint density at radius 1 is 1.36 bits per heavy atom. The number of alkyl carbamates (subject to hydrolysis) is 1. The summed E-state index contributed by atoms with van der Waals surface area (Å²) < 4.78 is 5.29. The normalized spacial score (nSPS) is 17.3. The number of ether oxygens (including phenoxy) is 1. The van der Waals surface area contributed by atoms with Gasteiger partial charge in [-0.3, -0.25) is 4.79 Å². The second-order valence-corrected chi connectivity index (χ2v) is 6.76. The van der Waals surface area contributed by atoms with Gasteiger partial charge in [-0.15, -0.1) is 0 Å². The molecule has 1 aromatic heterocycles. The van der Waals surface area contributed by atoms with E-state index in [1.165, 1.54) is 5.56 Å². The summed E-state index contributed by atoms with van der Waals surface area (Å²) >= 11 is 0. The smallest absolute Gasteiger partial charge is 0.407 e. The molecule has 5 nitrogen and oxygen atoms in total. The number of hydrogen-bond acceptors (Lipinski definition) is 3. The van der Waals surface area contributed by atoms with Crippen LogP contribution >= 0.6 is 0 Å². The van der Waals surface area contributed by atoms with Gasteiger partial charge in [-0.2, -0.15) is 0 Å². The first-order chi connectivity index (χ1) is 10.4. The number of aldehydes is 1. The highest BCUT2D eigenvalue weighted by atomic mass is 16.6. The minimum Gasteiger partial charge on any atom is -0.444 e. The molecular weight excluding hydrogens is 280 g/mol. The number of nitrogens with one attached hydrogen (secondary N) is 2. The number of H-pyrrole nitrogens is 1. The molecule has 22 heavy (non-hydrogen) atoms. The van der Waals surface area contributed by atoms with E-state index in [1.54, 1.807) is 6.07 Å². The van der Waals surface area contributed by atoms with Crippen molar-refractivity contribution in [1.82, 2.24) is 10.3 Å². The molecule has 0 bridgehead atoms. The first-order valence-electron chi connectivity index (χ1n) is 7.44. The van der Waals surface area contributed by atoms with E-state index in [1.807, 2.05) is 32.9 Å². The highest BCUT2D eigenvalue weighted by molar-refractivity contribution is 5.91. The Bertz CT molecular complexity index is 740. The molecule has 5 heteroatoms. The molecule has 1 unspecified atom stereocenters. The first-order valence-corrected chi connectivity index (χ1v) is 7.44. The third-order valence-electron chi connectivity index (χ3n) is 3.78. The van der Waals surface area contributed by atoms with Crippen LogP contribution < -0.4 is 5.32 Å². The topological polar surface area (TPSA) is 71.2 Å². The maximum absolute atomic E-state index is 11.9. The molecule has 1 aromatic carbocycles. The molecule has 1 aliphatic carbocycles. The summed E-state index contributed by atoms with van der Waals surface area (Å²) in [6.45, 7) is 5.54. The minimum atomic E-state index is -0.497. The summed E-state index contributed by atoms with van der Waals surface area (Å²) in [5.41, 5.74) is 3.51. The average molecular weight is 300 g/mol. The Kier molecular flexibility index (Phi) is 3.43. The average Bonchev–Trinajstić information content (AvgIpc) is 2.92. The van der Waals surface area contributed by atoms with E-state index in [0.29, 0.717) is 5.56 Å². The van der Waals surface area contributed by atoms with Gasteiger partial charge in [0.2, 0.25) is 0 Å². The number of rotatable bonds is 2. The Morgan fingerprint density at radius 3 is 2.82 bits per heavy atom. The van der Waals surface area contributed by atoms with Crippen LogP contribution in [0, 0.1) is 0 Å². The lowest BCUT2D eigenvalue weighted by atomic mass is 10.1. The molecule has 0 saturated carbocycles. The van der Waals surface area contributed by atoms with Gasteiger partial charge in [-0.25, -0.2) is 4.79 Å². The molecule has 2 aromatic rings. The Morgan fingerprint density at radius 2 is 2.14 bits per heavy atom. The van der Waals surface area contributed by atoms with Gasteiger partial charge in [0.15, 0.2) is 0 Å². The lowest BCUT2D eigenvalue weighted by Gasteiger charge is -2.21. The van der Waals surface area contributed by atoms with Gasteiger partial charge in [-0.05, 0) is 51.0 Å². The Labute approximate surface area is 129 Å². The summed E-state index contributed by atoms with van der Waals surface area (Å²) in [6, 6.07) is 5.65. The molecular formula is C17H20N2O3. The van der Waals surface area contributed by atoms with Crippen molar-refractivity contribution in [2.45, 2.75) is 45.3 Å². The van der Waals surface area contributed by atoms with E-state index in [9.17, 15) is 9.59 Å². The van der Waals surface area contributed by atoms with Gasteiger partial charge in [0.05, 0.1) is 0 Å². The van der Waals surface area contributed by atoms with E-state index >= 15 is 0 Å². The Hall–Kier alpha value is -2.30. The number of hydrogen-bond donors (Lipinski definition) is 2. The first kappa shape index (κ1) is 14.6. The Balaban J connectivity index is 1.76. The van der Waals surface area contributed by atoms with Crippen LogP contribution in [0.1, 0.15) is 42.4 Å². The third-order valence-corrected chi connectivity index (χ3v) is 3.78. The van der Waals surface area contributed by atoms with Gasteiger partial charge < -0.3 is 15.0 Å². The summed E-state index contributed by atoms with van der Waals surface area (Å²) in [7, 11) is 0. The summed E-state index contributed by atoms with van der Waals surface area (Å²) in [4.78, 5) is 26.2. The van der Waals surface area contributed by atoms with E-state index < -0.39 is 5.60 Å². The third kappa shape index (κ3) is 2.84. The number of aromatic nitrogens is 1. The minimum absolute atomic E-state index is 0.0281.